The second kappa shape index (κ2) is 8.11. The summed E-state index contributed by atoms with van der Waals surface area (Å²) in [6, 6.07) is 3.39. The number of ether oxygens (including phenoxy) is 1. The van der Waals surface area contributed by atoms with Crippen LogP contribution in [0.2, 0.25) is 5.02 Å². The van der Waals surface area contributed by atoms with Crippen molar-refractivity contribution in [3.63, 3.8) is 0 Å². The molecule has 0 unspecified atom stereocenters. The highest BCUT2D eigenvalue weighted by Gasteiger charge is 2.26. The van der Waals surface area contributed by atoms with Crippen LogP contribution in [0.4, 0.5) is 5.00 Å². The number of hydrogen-bond donors (Lipinski definition) is 3. The average Bonchev–Trinajstić information content (AvgIpc) is 3.19. The monoisotopic (exact) mass is 457 g/mol. The Balaban J connectivity index is 1.68. The van der Waals surface area contributed by atoms with Gasteiger partial charge in [0.2, 0.25) is 10.0 Å². The summed E-state index contributed by atoms with van der Waals surface area (Å²) in [4.78, 5) is 36.6. The molecule has 29 heavy (non-hydrogen) atoms. The van der Waals surface area contributed by atoms with Gasteiger partial charge in [-0.25, -0.2) is 18.4 Å². The van der Waals surface area contributed by atoms with E-state index in [1.54, 1.807) is 0 Å². The van der Waals surface area contributed by atoms with Gasteiger partial charge in [0, 0.05) is 4.88 Å². The van der Waals surface area contributed by atoms with Gasteiger partial charge in [-0.05, 0) is 43.0 Å². The third-order valence-electron chi connectivity index (χ3n) is 4.23. The minimum atomic E-state index is -4.13. The van der Waals surface area contributed by atoms with Gasteiger partial charge < -0.3 is 15.8 Å². The Labute approximate surface area is 175 Å². The van der Waals surface area contributed by atoms with Crippen molar-refractivity contribution in [1.29, 1.82) is 0 Å². The number of nitrogens with two attached hydrogens (primary N) is 2. The SMILES string of the molecule is NC(=O)c1c(NC(=O)COC(=O)c2ccc(Cl)c(S(N)(=O)=O)c2)sc2c1CCC2. The number of primary amides is 1. The predicted molar refractivity (Wildman–Crippen MR) is 107 cm³/mol. The third-order valence-corrected chi connectivity index (χ3v) is 6.83. The summed E-state index contributed by atoms with van der Waals surface area (Å²) in [5.74, 6) is -2.24. The molecule has 154 valence electrons. The lowest BCUT2D eigenvalue weighted by Crippen LogP contribution is -2.23. The summed E-state index contributed by atoms with van der Waals surface area (Å²) < 4.78 is 27.9. The molecule has 9 nitrogen and oxygen atoms in total. The Morgan fingerprint density at radius 1 is 1.24 bits per heavy atom. The molecule has 12 heteroatoms. The van der Waals surface area contributed by atoms with Crippen molar-refractivity contribution in [3.8, 4) is 0 Å². The number of benzene rings is 1. The van der Waals surface area contributed by atoms with Gasteiger partial charge >= 0.3 is 5.97 Å². The Kier molecular flexibility index (Phi) is 5.94. The van der Waals surface area contributed by atoms with E-state index in [2.05, 4.69) is 5.32 Å². The maximum Gasteiger partial charge on any atom is 0.338 e. The second-order valence-corrected chi connectivity index (χ2v) is 9.28. The van der Waals surface area contributed by atoms with Crippen LogP contribution in [0.1, 0.15) is 37.6 Å². The van der Waals surface area contributed by atoms with Gasteiger partial charge in [0.05, 0.1) is 16.1 Å². The lowest BCUT2D eigenvalue weighted by Gasteiger charge is -2.08. The summed E-state index contributed by atoms with van der Waals surface area (Å²) in [5.41, 5.74) is 6.43. The molecule has 0 spiro atoms. The van der Waals surface area contributed by atoms with Crippen LogP contribution in [0, 0.1) is 0 Å². The number of aryl methyl sites for hydroxylation is 1. The van der Waals surface area contributed by atoms with Crippen LogP contribution in [-0.4, -0.2) is 32.8 Å². The van der Waals surface area contributed by atoms with Crippen LogP contribution >= 0.6 is 22.9 Å². The molecule has 2 amide bonds. The molecule has 0 saturated heterocycles. The van der Waals surface area contributed by atoms with Gasteiger partial charge in [-0.3, -0.25) is 9.59 Å². The number of primary sulfonamides is 1. The van der Waals surface area contributed by atoms with Crippen LogP contribution < -0.4 is 16.2 Å². The first-order valence-corrected chi connectivity index (χ1v) is 11.1. The number of nitrogens with one attached hydrogen (secondary N) is 1. The smallest absolute Gasteiger partial charge is 0.338 e. The Bertz CT molecular complexity index is 1130. The molecular formula is C17H16ClN3O6S2. The number of esters is 1. The van der Waals surface area contributed by atoms with Crippen LogP contribution in [0.3, 0.4) is 0 Å². The summed E-state index contributed by atoms with van der Waals surface area (Å²) in [6.45, 7) is -0.646. The maximum atomic E-state index is 12.2. The number of halogens is 1. The second-order valence-electron chi connectivity index (χ2n) is 6.24. The van der Waals surface area contributed by atoms with Gasteiger partial charge in [0.1, 0.15) is 9.90 Å². The van der Waals surface area contributed by atoms with Crippen molar-refractivity contribution in [2.24, 2.45) is 10.9 Å². The van der Waals surface area contributed by atoms with E-state index in [1.807, 2.05) is 0 Å². The molecule has 1 aliphatic rings. The topological polar surface area (TPSA) is 159 Å². The fourth-order valence-corrected chi connectivity index (χ4v) is 5.36. The minimum Gasteiger partial charge on any atom is -0.452 e. The van der Waals surface area contributed by atoms with Crippen LogP contribution in [0.15, 0.2) is 23.1 Å². The number of sulfonamides is 1. The zero-order valence-electron chi connectivity index (χ0n) is 14.9. The first kappa shape index (κ1) is 21.2. The Morgan fingerprint density at radius 2 is 1.97 bits per heavy atom. The van der Waals surface area contributed by atoms with E-state index in [-0.39, 0.29) is 16.1 Å². The molecule has 5 N–H and O–H groups in total. The number of rotatable bonds is 6. The van der Waals surface area contributed by atoms with E-state index in [0.717, 1.165) is 35.8 Å². The fraction of sp³-hybridized carbons (Fsp3) is 0.235. The number of carbonyl (C=O) groups excluding carboxylic acids is 3. The Morgan fingerprint density at radius 3 is 2.62 bits per heavy atom. The fourth-order valence-electron chi connectivity index (χ4n) is 2.98. The van der Waals surface area contributed by atoms with Crippen molar-refractivity contribution in [1.82, 2.24) is 0 Å². The highest BCUT2D eigenvalue weighted by Crippen LogP contribution is 2.38. The number of hydrogen-bond acceptors (Lipinski definition) is 7. The van der Waals surface area contributed by atoms with Gasteiger partial charge in [-0.1, -0.05) is 11.6 Å². The van der Waals surface area contributed by atoms with Crippen molar-refractivity contribution >= 4 is 55.7 Å². The van der Waals surface area contributed by atoms with Gasteiger partial charge in [-0.2, -0.15) is 0 Å². The van der Waals surface area contributed by atoms with Crippen LogP contribution in [0.5, 0.6) is 0 Å². The van der Waals surface area contributed by atoms with E-state index in [4.69, 9.17) is 27.2 Å². The number of thiophene rings is 1. The highest BCUT2D eigenvalue weighted by atomic mass is 35.5. The normalized spacial score (nSPS) is 13.0. The zero-order valence-corrected chi connectivity index (χ0v) is 17.2. The summed E-state index contributed by atoms with van der Waals surface area (Å²) in [6.07, 6.45) is 2.46. The average molecular weight is 458 g/mol. The lowest BCUT2D eigenvalue weighted by molar-refractivity contribution is -0.119. The first-order valence-electron chi connectivity index (χ1n) is 8.31. The van der Waals surface area contributed by atoms with Crippen LogP contribution in [0.25, 0.3) is 0 Å². The molecule has 0 atom stereocenters. The van der Waals surface area contributed by atoms with Crippen LogP contribution in [-0.2, 0) is 32.4 Å². The number of anilines is 1. The minimum absolute atomic E-state index is 0.140. The molecule has 2 aromatic rings. The molecule has 0 fully saturated rings. The lowest BCUT2D eigenvalue weighted by atomic mass is 10.1. The number of fused-ring (bicyclic) bond motifs is 1. The quantitative estimate of drug-likeness (QED) is 0.556. The highest BCUT2D eigenvalue weighted by molar-refractivity contribution is 7.89. The predicted octanol–water partition coefficient (Wildman–Crippen LogP) is 1.43. The standard InChI is InChI=1S/C17H16ClN3O6S2/c18-10-5-4-8(6-12(10)29(20,25)26)17(24)27-7-13(22)21-16-14(15(19)23)9-2-1-3-11(9)28-16/h4-6H,1-3,7H2,(H2,19,23)(H,21,22)(H2,20,25,26). The van der Waals surface area contributed by atoms with Crippen molar-refractivity contribution in [3.05, 3.63) is 44.8 Å². The molecule has 3 rings (SSSR count). The Hall–Kier alpha value is -2.47. The van der Waals surface area contributed by atoms with E-state index < -0.39 is 39.3 Å². The van der Waals surface area contributed by atoms with Crippen molar-refractivity contribution in [2.45, 2.75) is 24.2 Å². The first-order chi connectivity index (χ1) is 13.6. The van der Waals surface area contributed by atoms with Gasteiger partial charge in [0.15, 0.2) is 6.61 Å². The molecule has 0 bridgehead atoms. The van der Waals surface area contributed by atoms with Gasteiger partial charge in [0.25, 0.3) is 11.8 Å². The largest absolute Gasteiger partial charge is 0.452 e. The zero-order chi connectivity index (χ0) is 21.3. The number of amides is 2. The molecule has 1 heterocycles. The maximum absolute atomic E-state index is 12.2. The molecular weight excluding hydrogens is 442 g/mol. The molecule has 0 radical (unpaired) electrons. The number of carbonyl (C=O) groups is 3. The van der Waals surface area contributed by atoms with Crippen molar-refractivity contribution < 1.29 is 27.5 Å². The molecule has 0 saturated carbocycles. The molecule has 1 aromatic heterocycles. The molecule has 1 aliphatic carbocycles. The van der Waals surface area contributed by atoms with Gasteiger partial charge in [-0.15, -0.1) is 11.3 Å². The van der Waals surface area contributed by atoms with E-state index in [9.17, 15) is 22.8 Å². The van der Waals surface area contributed by atoms with E-state index >= 15 is 0 Å². The van der Waals surface area contributed by atoms with E-state index in [0.29, 0.717) is 5.00 Å². The molecule has 0 aliphatic heterocycles. The van der Waals surface area contributed by atoms with Crippen molar-refractivity contribution in [2.75, 3.05) is 11.9 Å². The molecule has 1 aromatic carbocycles. The van der Waals surface area contributed by atoms with E-state index in [1.165, 1.54) is 23.5 Å². The third kappa shape index (κ3) is 4.58. The summed E-state index contributed by atoms with van der Waals surface area (Å²) >= 11 is 7.04. The summed E-state index contributed by atoms with van der Waals surface area (Å²) in [5, 5.41) is 7.75. The summed E-state index contributed by atoms with van der Waals surface area (Å²) in [7, 11) is -4.13.